The number of phosphoric acid groups is 1. The molecule has 0 amide bonds. The molecule has 240 valence electrons. The van der Waals surface area contributed by atoms with Gasteiger partial charge >= 0.3 is 7.82 Å². The Morgan fingerprint density at radius 3 is 2.07 bits per heavy atom. The molecule has 16 heteroatoms. The van der Waals surface area contributed by atoms with E-state index >= 15 is 0 Å². The molecule has 1 unspecified atom stereocenters. The van der Waals surface area contributed by atoms with E-state index in [9.17, 15) is 29.2 Å². The van der Waals surface area contributed by atoms with E-state index in [0.29, 0.717) is 12.8 Å². The summed E-state index contributed by atoms with van der Waals surface area (Å²) < 4.78 is 53.3. The lowest BCUT2D eigenvalue weighted by Crippen LogP contribution is -2.44. The van der Waals surface area contributed by atoms with Gasteiger partial charge in [-0.3, -0.25) is 37.5 Å². The predicted octanol–water partition coefficient (Wildman–Crippen LogP) is 4.47. The number of nitrogens with zero attached hydrogens (tertiary/aromatic N) is 1. The highest BCUT2D eigenvalue weighted by atomic mass is 32.2. The number of H-pyrrole nitrogens is 1. The molecule has 0 aromatic carbocycles. The van der Waals surface area contributed by atoms with E-state index in [4.69, 9.17) is 33.3 Å². The molecular formula is C26H43N2O10PS3. The molecule has 3 N–H and O–H groups in total. The second-order valence-electron chi connectivity index (χ2n) is 12.3. The number of thioether (sulfide) groups is 2. The first-order valence-electron chi connectivity index (χ1n) is 14.2. The number of phosphoric ester groups is 1. The van der Waals surface area contributed by atoms with Crippen molar-refractivity contribution in [2.45, 2.75) is 85.3 Å². The lowest BCUT2D eigenvalue weighted by atomic mass is 9.93. The monoisotopic (exact) mass is 672 g/mol. The van der Waals surface area contributed by atoms with E-state index in [-0.39, 0.29) is 50.6 Å². The highest BCUT2D eigenvalue weighted by molar-refractivity contribution is 8.13. The Morgan fingerprint density at radius 1 is 1.12 bits per heavy atom. The minimum absolute atomic E-state index is 0.0667. The predicted molar refractivity (Wildman–Crippen MR) is 165 cm³/mol. The summed E-state index contributed by atoms with van der Waals surface area (Å²) in [4.78, 5) is 38.4. The molecule has 2 heterocycles. The fourth-order valence-corrected chi connectivity index (χ4v) is 7.04. The van der Waals surface area contributed by atoms with Crippen LogP contribution in [0.3, 0.4) is 0 Å². The van der Waals surface area contributed by atoms with Crippen molar-refractivity contribution in [3.63, 3.8) is 0 Å². The Bertz CT molecular complexity index is 1290. The molecular weight excluding hydrogens is 627 g/mol. The van der Waals surface area contributed by atoms with Gasteiger partial charge in [0.15, 0.2) is 21.2 Å². The SMILES string of the molecule is [2H]C([2H])(OP(=O)(OCCSC(=O)CC(C)(C)C)OCCSC(=O)CC(C)(C)C)[C@H]1O[C@@H](n2ccc(=O)[nH]c2=S)C(C)(O)[C@H]1O. The number of nitrogens with one attached hydrogen (secondary N) is 1. The Hall–Kier alpha value is -0.870. The summed E-state index contributed by atoms with van der Waals surface area (Å²) in [5.74, 6) is 0.133. The number of rotatable bonds is 14. The molecule has 1 aromatic heterocycles. The van der Waals surface area contributed by atoms with Gasteiger partial charge in [0.2, 0.25) is 0 Å². The van der Waals surface area contributed by atoms with Crippen LogP contribution in [0.1, 0.15) is 70.3 Å². The first kappa shape index (κ1) is 34.0. The topological polar surface area (TPSA) is 166 Å². The third-order valence-corrected chi connectivity index (χ3v) is 8.90. The molecule has 1 fully saturated rings. The number of carbonyl (C=O) groups excluding carboxylic acids is 2. The van der Waals surface area contributed by atoms with Crippen molar-refractivity contribution in [2.24, 2.45) is 10.8 Å². The van der Waals surface area contributed by atoms with Crippen LogP contribution in [0.4, 0.5) is 0 Å². The fourth-order valence-electron chi connectivity index (χ4n) is 3.64. The van der Waals surface area contributed by atoms with Crippen molar-refractivity contribution in [1.82, 2.24) is 9.55 Å². The lowest BCUT2D eigenvalue weighted by molar-refractivity contribution is -0.113. The molecule has 12 nitrogen and oxygen atoms in total. The van der Waals surface area contributed by atoms with Crippen LogP contribution >= 0.6 is 43.6 Å². The minimum atomic E-state index is -4.74. The summed E-state index contributed by atoms with van der Waals surface area (Å²) in [6, 6.07) is 1.10. The molecule has 1 aromatic rings. The van der Waals surface area contributed by atoms with Gasteiger partial charge in [-0.15, -0.1) is 0 Å². The van der Waals surface area contributed by atoms with Gasteiger partial charge < -0.3 is 14.9 Å². The van der Waals surface area contributed by atoms with Crippen LogP contribution in [0.25, 0.3) is 0 Å². The Balaban J connectivity index is 2.20. The van der Waals surface area contributed by atoms with Crippen molar-refractivity contribution >= 4 is 53.8 Å². The molecule has 0 saturated carbocycles. The molecule has 1 saturated heterocycles. The van der Waals surface area contributed by atoms with Gasteiger partial charge in [-0.25, -0.2) is 4.57 Å². The van der Waals surface area contributed by atoms with Gasteiger partial charge in [0, 0.05) is 36.6 Å². The maximum atomic E-state index is 13.7. The van der Waals surface area contributed by atoms with Crippen molar-refractivity contribution in [1.29, 1.82) is 0 Å². The highest BCUT2D eigenvalue weighted by Crippen LogP contribution is 2.51. The average molecular weight is 673 g/mol. The largest absolute Gasteiger partial charge is 0.474 e. The van der Waals surface area contributed by atoms with Crippen LogP contribution in [-0.4, -0.2) is 79.1 Å². The van der Waals surface area contributed by atoms with Gasteiger partial charge in [-0.2, -0.15) is 0 Å². The smallest absolute Gasteiger partial charge is 0.387 e. The zero-order valence-electron chi connectivity index (χ0n) is 26.9. The van der Waals surface area contributed by atoms with Crippen LogP contribution in [0.2, 0.25) is 0 Å². The number of aromatic amines is 1. The second-order valence-corrected chi connectivity index (χ2v) is 16.6. The van der Waals surface area contributed by atoms with Gasteiger partial charge in [-0.05, 0) is 30.0 Å². The summed E-state index contributed by atoms with van der Waals surface area (Å²) in [5, 5.41) is 21.7. The summed E-state index contributed by atoms with van der Waals surface area (Å²) >= 11 is 7.03. The van der Waals surface area contributed by atoms with Gasteiger partial charge in [-0.1, -0.05) is 65.1 Å². The van der Waals surface area contributed by atoms with Gasteiger partial charge in [0.1, 0.15) is 17.8 Å². The maximum Gasteiger partial charge on any atom is 0.474 e. The van der Waals surface area contributed by atoms with E-state index in [2.05, 4.69) is 4.98 Å². The van der Waals surface area contributed by atoms with Crippen LogP contribution in [0.5, 0.6) is 0 Å². The number of ether oxygens (including phenoxy) is 1. The Kier molecular flexibility index (Phi) is 12.5. The Labute approximate surface area is 263 Å². The Morgan fingerprint density at radius 2 is 1.62 bits per heavy atom. The molecule has 0 radical (unpaired) electrons. The number of carbonyl (C=O) groups is 2. The van der Waals surface area contributed by atoms with Gasteiger partial charge in [0.05, 0.1) is 22.5 Å². The first-order chi connectivity index (χ1) is 20.0. The van der Waals surface area contributed by atoms with Crippen molar-refractivity contribution in [3.05, 3.63) is 27.4 Å². The van der Waals surface area contributed by atoms with Crippen LogP contribution in [0, 0.1) is 15.6 Å². The first-order valence-corrected chi connectivity index (χ1v) is 17.1. The number of aliphatic hydroxyl groups is 2. The molecule has 4 atom stereocenters. The van der Waals surface area contributed by atoms with Crippen LogP contribution in [-0.2, 0) is 32.5 Å². The standard InChI is InChI=1S/C26H43N2O10PS3/c1-24(2,3)14-19(30)41-12-10-35-39(34,36-11-13-42-20(31)15-25(4,5)6)37-16-17-21(32)26(7,33)22(38-17)28-9-8-18(29)27-23(28)40/h8-9,17,21-22,32-33H,10-16H2,1-7H3,(H,27,29,40)/t17-,21+,22-,26?/m1/s1/i16D2. The number of hydrogen-bond acceptors (Lipinski definition) is 13. The van der Waals surface area contributed by atoms with Crippen molar-refractivity contribution in [2.75, 3.05) is 31.3 Å². The zero-order chi connectivity index (χ0) is 33.7. The maximum absolute atomic E-state index is 13.7. The van der Waals surface area contributed by atoms with Crippen LogP contribution in [0.15, 0.2) is 17.1 Å². The lowest BCUT2D eigenvalue weighted by Gasteiger charge is -2.28. The van der Waals surface area contributed by atoms with E-state index < -0.39 is 44.0 Å². The molecule has 0 bridgehead atoms. The molecule has 1 aliphatic heterocycles. The molecule has 1 aliphatic rings. The number of aromatic nitrogens is 2. The molecule has 2 rings (SSSR count). The van der Waals surface area contributed by atoms with E-state index in [1.807, 2.05) is 41.5 Å². The average Bonchev–Trinajstić information content (AvgIpc) is 3.07. The normalized spacial score (nSPS) is 24.4. The quantitative estimate of drug-likeness (QED) is 0.144. The number of aliphatic hydroxyl groups excluding tert-OH is 1. The third-order valence-electron chi connectivity index (χ3n) is 5.59. The van der Waals surface area contributed by atoms with E-state index in [1.165, 1.54) is 13.1 Å². The highest BCUT2D eigenvalue weighted by Gasteiger charge is 2.53. The van der Waals surface area contributed by atoms with Crippen molar-refractivity contribution in [3.8, 4) is 0 Å². The summed E-state index contributed by atoms with van der Waals surface area (Å²) in [6.07, 6.45) is -3.53. The summed E-state index contributed by atoms with van der Waals surface area (Å²) in [6.45, 7) is 8.96. The second kappa shape index (κ2) is 15.4. The van der Waals surface area contributed by atoms with E-state index in [1.54, 1.807) is 0 Å². The third kappa shape index (κ3) is 12.3. The summed E-state index contributed by atoms with van der Waals surface area (Å²) in [5.41, 5.74) is -3.13. The zero-order valence-corrected chi connectivity index (χ0v) is 28.3. The van der Waals surface area contributed by atoms with E-state index in [0.717, 1.165) is 34.2 Å². The van der Waals surface area contributed by atoms with Crippen LogP contribution < -0.4 is 5.56 Å². The fraction of sp³-hybridized carbons (Fsp3) is 0.769. The minimum Gasteiger partial charge on any atom is -0.387 e. The van der Waals surface area contributed by atoms with Crippen molar-refractivity contribution < 1.29 is 45.4 Å². The van der Waals surface area contributed by atoms with Gasteiger partial charge in [0.25, 0.3) is 5.56 Å². The molecule has 42 heavy (non-hydrogen) atoms. The molecule has 0 aliphatic carbocycles. The summed E-state index contributed by atoms with van der Waals surface area (Å²) in [7, 11) is -4.74. The number of hydrogen-bond donors (Lipinski definition) is 3. The molecule has 0 spiro atoms.